The molecule has 0 aliphatic heterocycles. The Hall–Kier alpha value is -0.520. The van der Waals surface area contributed by atoms with Crippen molar-refractivity contribution in [1.82, 2.24) is 0 Å². The van der Waals surface area contributed by atoms with E-state index in [0.717, 1.165) is 23.2 Å². The Morgan fingerprint density at radius 3 is 2.82 bits per heavy atom. The molecule has 0 aromatic rings. The third kappa shape index (κ3) is 1.56. The van der Waals surface area contributed by atoms with E-state index in [1.165, 1.54) is 38.5 Å². The molecule has 0 saturated heterocycles. The standard InChI is InChI=1S/C17H24/c1-2-5-15-13(4-1)6-7-14-8-11-17(9-3-10-17)12-16(14)15/h4,6-7,14-16H,1-3,5,8-12H2. The van der Waals surface area contributed by atoms with E-state index >= 15 is 0 Å². The van der Waals surface area contributed by atoms with E-state index in [1.54, 1.807) is 24.8 Å². The Morgan fingerprint density at radius 1 is 1.06 bits per heavy atom. The molecule has 2 saturated carbocycles. The van der Waals surface area contributed by atoms with Crippen molar-refractivity contribution >= 4 is 0 Å². The minimum Gasteiger partial charge on any atom is -0.0810 e. The van der Waals surface area contributed by atoms with Gasteiger partial charge < -0.3 is 0 Å². The summed E-state index contributed by atoms with van der Waals surface area (Å²) in [5, 5.41) is 0. The average Bonchev–Trinajstić information content (AvgIpc) is 2.36. The zero-order valence-corrected chi connectivity index (χ0v) is 10.8. The number of fused-ring (bicyclic) bond motifs is 3. The van der Waals surface area contributed by atoms with Crippen LogP contribution in [0.15, 0.2) is 23.8 Å². The maximum absolute atomic E-state index is 2.56. The molecule has 0 heterocycles. The first-order chi connectivity index (χ1) is 8.36. The van der Waals surface area contributed by atoms with E-state index in [0.29, 0.717) is 0 Å². The first kappa shape index (κ1) is 10.4. The van der Waals surface area contributed by atoms with Crippen LogP contribution in [0.5, 0.6) is 0 Å². The summed E-state index contributed by atoms with van der Waals surface area (Å²) in [4.78, 5) is 0. The summed E-state index contributed by atoms with van der Waals surface area (Å²) in [6, 6.07) is 0. The van der Waals surface area contributed by atoms with Crippen LogP contribution in [0.1, 0.15) is 57.8 Å². The SMILES string of the molecule is C1=CC2CCC3(CCC3)CC2C2CCCC=C12. The Labute approximate surface area is 105 Å². The number of allylic oxidation sites excluding steroid dienone is 4. The van der Waals surface area contributed by atoms with Crippen molar-refractivity contribution in [3.63, 3.8) is 0 Å². The highest BCUT2D eigenvalue weighted by Crippen LogP contribution is 2.58. The van der Waals surface area contributed by atoms with Crippen molar-refractivity contribution in [3.8, 4) is 0 Å². The zero-order valence-electron chi connectivity index (χ0n) is 10.8. The van der Waals surface area contributed by atoms with Gasteiger partial charge in [-0.1, -0.05) is 24.6 Å². The van der Waals surface area contributed by atoms with Gasteiger partial charge in [-0.2, -0.15) is 0 Å². The van der Waals surface area contributed by atoms with E-state index in [1.807, 2.05) is 0 Å². The van der Waals surface area contributed by atoms with Crippen molar-refractivity contribution in [1.29, 1.82) is 0 Å². The van der Waals surface area contributed by atoms with Crippen LogP contribution in [0.25, 0.3) is 0 Å². The summed E-state index contributed by atoms with van der Waals surface area (Å²) < 4.78 is 0. The van der Waals surface area contributed by atoms with Crippen LogP contribution in [0.2, 0.25) is 0 Å². The highest BCUT2D eigenvalue weighted by atomic mass is 14.5. The first-order valence-corrected chi connectivity index (χ1v) is 7.75. The van der Waals surface area contributed by atoms with Gasteiger partial charge in [0.05, 0.1) is 0 Å². The highest BCUT2D eigenvalue weighted by Gasteiger charge is 2.47. The van der Waals surface area contributed by atoms with Gasteiger partial charge in [0.15, 0.2) is 0 Å². The molecule has 0 aromatic carbocycles. The minimum atomic E-state index is 0.814. The summed E-state index contributed by atoms with van der Waals surface area (Å²) in [6.45, 7) is 0. The summed E-state index contributed by atoms with van der Waals surface area (Å²) in [7, 11) is 0. The van der Waals surface area contributed by atoms with Gasteiger partial charge in [0.1, 0.15) is 0 Å². The molecule has 4 aliphatic carbocycles. The third-order valence-corrected chi connectivity index (χ3v) is 6.22. The van der Waals surface area contributed by atoms with Crippen molar-refractivity contribution in [2.24, 2.45) is 23.2 Å². The molecule has 4 rings (SSSR count). The number of hydrogen-bond donors (Lipinski definition) is 0. The Kier molecular flexibility index (Phi) is 2.29. The van der Waals surface area contributed by atoms with Crippen LogP contribution >= 0.6 is 0 Å². The van der Waals surface area contributed by atoms with E-state index in [4.69, 9.17) is 0 Å². The normalized spacial score (nSPS) is 42.4. The predicted octanol–water partition coefficient (Wildman–Crippen LogP) is 4.87. The molecule has 4 aliphatic rings. The monoisotopic (exact) mass is 228 g/mol. The fourth-order valence-electron chi connectivity index (χ4n) is 5.06. The molecule has 0 nitrogen and oxygen atoms in total. The van der Waals surface area contributed by atoms with Gasteiger partial charge >= 0.3 is 0 Å². The van der Waals surface area contributed by atoms with E-state index in [-0.39, 0.29) is 0 Å². The zero-order chi connectivity index (χ0) is 11.3. The summed E-state index contributed by atoms with van der Waals surface area (Å²) >= 11 is 0. The molecule has 0 amide bonds. The molecule has 17 heavy (non-hydrogen) atoms. The number of hydrogen-bond acceptors (Lipinski definition) is 0. The van der Waals surface area contributed by atoms with Gasteiger partial charge in [-0.3, -0.25) is 0 Å². The van der Waals surface area contributed by atoms with Gasteiger partial charge in [-0.05, 0) is 80.1 Å². The fraction of sp³-hybridized carbons (Fsp3) is 0.765. The fourth-order valence-corrected chi connectivity index (χ4v) is 5.06. The second kappa shape index (κ2) is 3.73. The van der Waals surface area contributed by atoms with Gasteiger partial charge in [0.2, 0.25) is 0 Å². The topological polar surface area (TPSA) is 0 Å². The lowest BCUT2D eigenvalue weighted by Crippen LogP contribution is -2.42. The van der Waals surface area contributed by atoms with Crippen molar-refractivity contribution < 1.29 is 0 Å². The third-order valence-electron chi connectivity index (χ3n) is 6.22. The molecule has 0 heteroatoms. The van der Waals surface area contributed by atoms with Gasteiger partial charge in [0, 0.05) is 0 Å². The van der Waals surface area contributed by atoms with Crippen molar-refractivity contribution in [2.75, 3.05) is 0 Å². The summed E-state index contributed by atoms with van der Waals surface area (Å²) in [5.41, 5.74) is 2.52. The Morgan fingerprint density at radius 2 is 2.00 bits per heavy atom. The lowest BCUT2D eigenvalue weighted by atomic mass is 9.52. The van der Waals surface area contributed by atoms with Gasteiger partial charge in [-0.25, -0.2) is 0 Å². The predicted molar refractivity (Wildman–Crippen MR) is 71.7 cm³/mol. The van der Waals surface area contributed by atoms with E-state index < -0.39 is 0 Å². The molecular weight excluding hydrogens is 204 g/mol. The lowest BCUT2D eigenvalue weighted by molar-refractivity contribution is 0.00815. The van der Waals surface area contributed by atoms with Gasteiger partial charge in [-0.15, -0.1) is 0 Å². The molecule has 3 atom stereocenters. The van der Waals surface area contributed by atoms with Crippen LogP contribution in [0.3, 0.4) is 0 Å². The second-order valence-electron chi connectivity index (χ2n) is 7.02. The molecular formula is C17H24. The summed E-state index contributed by atoms with van der Waals surface area (Å²) in [5.74, 6) is 2.89. The molecule has 0 bridgehead atoms. The largest absolute Gasteiger partial charge is 0.0810 e. The van der Waals surface area contributed by atoms with E-state index in [9.17, 15) is 0 Å². The van der Waals surface area contributed by atoms with Gasteiger partial charge in [0.25, 0.3) is 0 Å². The maximum Gasteiger partial charge on any atom is -0.0131 e. The molecule has 0 N–H and O–H groups in total. The van der Waals surface area contributed by atoms with Crippen LogP contribution in [0.4, 0.5) is 0 Å². The minimum absolute atomic E-state index is 0.814. The van der Waals surface area contributed by atoms with E-state index in [2.05, 4.69) is 18.2 Å². The van der Waals surface area contributed by atoms with Crippen LogP contribution in [-0.4, -0.2) is 0 Å². The molecule has 1 spiro atoms. The van der Waals surface area contributed by atoms with Crippen LogP contribution in [0, 0.1) is 23.2 Å². The lowest BCUT2D eigenvalue weighted by Gasteiger charge is -2.53. The van der Waals surface area contributed by atoms with Crippen LogP contribution in [-0.2, 0) is 0 Å². The Balaban J connectivity index is 1.63. The summed E-state index contributed by atoms with van der Waals surface area (Å²) in [6.07, 6.45) is 21.0. The average molecular weight is 228 g/mol. The quantitative estimate of drug-likeness (QED) is 0.555. The highest BCUT2D eigenvalue weighted by molar-refractivity contribution is 5.30. The Bertz CT molecular complexity index is 369. The smallest absolute Gasteiger partial charge is 0.0131 e. The molecule has 92 valence electrons. The molecule has 0 radical (unpaired) electrons. The molecule has 0 aromatic heterocycles. The van der Waals surface area contributed by atoms with Crippen LogP contribution < -0.4 is 0 Å². The van der Waals surface area contributed by atoms with Crippen molar-refractivity contribution in [2.45, 2.75) is 57.8 Å². The first-order valence-electron chi connectivity index (χ1n) is 7.75. The second-order valence-corrected chi connectivity index (χ2v) is 7.02. The maximum atomic E-state index is 2.56. The number of rotatable bonds is 0. The van der Waals surface area contributed by atoms with Crippen molar-refractivity contribution in [3.05, 3.63) is 23.8 Å². The molecule has 2 fully saturated rings. The molecule has 3 unspecified atom stereocenters.